The Balaban J connectivity index is 1.50. The molecule has 5 rings (SSSR count). The summed E-state index contributed by atoms with van der Waals surface area (Å²) in [5.74, 6) is -2.26. The number of hydrogen-bond donors (Lipinski definition) is 4. The summed E-state index contributed by atoms with van der Waals surface area (Å²) in [6.07, 6.45) is 0.916. The fraction of sp³-hybridized carbons (Fsp3) is 0.528. The maximum Gasteiger partial charge on any atom is 0.396 e. The average molecular weight is 715 g/mol. The number of carbonyl (C=O) groups is 1. The van der Waals surface area contributed by atoms with E-state index in [-0.39, 0.29) is 41.6 Å². The minimum absolute atomic E-state index is 0.0240. The van der Waals surface area contributed by atoms with E-state index in [1.54, 1.807) is 24.9 Å². The molecule has 3 aliphatic rings. The number of amides is 1. The number of fused-ring (bicyclic) bond motifs is 1. The number of aromatic hydroxyl groups is 2. The molecule has 1 fully saturated rings. The van der Waals surface area contributed by atoms with E-state index in [0.29, 0.717) is 75.5 Å². The number of allylic oxidation sites excluding steroid dienone is 2. The van der Waals surface area contributed by atoms with E-state index in [4.69, 9.17) is 4.74 Å². The second kappa shape index (κ2) is 15.8. The van der Waals surface area contributed by atoms with Crippen molar-refractivity contribution in [2.75, 3.05) is 46.4 Å². The number of nitrogens with zero attached hydrogens (tertiary/aromatic N) is 6. The van der Waals surface area contributed by atoms with Gasteiger partial charge in [-0.2, -0.15) is 18.3 Å². The van der Waals surface area contributed by atoms with Crippen LogP contribution in [0.3, 0.4) is 0 Å². The van der Waals surface area contributed by atoms with Crippen LogP contribution < -0.4 is 10.7 Å². The van der Waals surface area contributed by atoms with E-state index in [0.717, 1.165) is 22.7 Å². The van der Waals surface area contributed by atoms with E-state index in [2.05, 4.69) is 38.5 Å². The summed E-state index contributed by atoms with van der Waals surface area (Å²) >= 11 is 0. The van der Waals surface area contributed by atoms with Gasteiger partial charge in [0, 0.05) is 51.5 Å². The number of rotatable bonds is 13. The molecular formula is C36H49F3N8O4. The number of hydrazine groups is 1. The monoisotopic (exact) mass is 714 g/mol. The fourth-order valence-electron chi connectivity index (χ4n) is 6.89. The number of benzene rings is 1. The van der Waals surface area contributed by atoms with Gasteiger partial charge in [-0.1, -0.05) is 26.0 Å². The number of hydrogen-bond acceptors (Lipinski definition) is 10. The van der Waals surface area contributed by atoms with Gasteiger partial charge in [0.15, 0.2) is 11.4 Å². The van der Waals surface area contributed by atoms with Crippen LogP contribution in [-0.4, -0.2) is 106 Å². The third-order valence-electron chi connectivity index (χ3n) is 9.93. The molecule has 0 radical (unpaired) electrons. The molecule has 2 unspecified atom stereocenters. The number of phenolic OH excluding ortho intramolecular Hbond substituents is 1. The molecule has 0 spiro atoms. The number of nitrogens with one attached hydrogen (secondary N) is 2. The molecule has 12 nitrogen and oxygen atoms in total. The predicted molar refractivity (Wildman–Crippen MR) is 188 cm³/mol. The van der Waals surface area contributed by atoms with Crippen LogP contribution in [0.4, 0.5) is 13.2 Å². The fourth-order valence-corrected chi connectivity index (χ4v) is 6.89. The molecule has 2 aromatic rings. The number of piperazine rings is 1. The molecule has 2 aliphatic heterocycles. The van der Waals surface area contributed by atoms with Gasteiger partial charge >= 0.3 is 6.18 Å². The van der Waals surface area contributed by atoms with Gasteiger partial charge in [0.05, 0.1) is 42.8 Å². The Kier molecular flexibility index (Phi) is 11.7. The van der Waals surface area contributed by atoms with Crippen molar-refractivity contribution < 1.29 is 32.9 Å². The second-order valence-electron chi connectivity index (χ2n) is 13.0. The largest absolute Gasteiger partial charge is 0.508 e. The molecule has 3 heterocycles. The smallest absolute Gasteiger partial charge is 0.396 e. The van der Waals surface area contributed by atoms with Gasteiger partial charge in [0.2, 0.25) is 0 Å². The Morgan fingerprint density at radius 3 is 2.47 bits per heavy atom. The molecule has 1 aliphatic carbocycles. The van der Waals surface area contributed by atoms with Crippen molar-refractivity contribution in [2.24, 2.45) is 12.0 Å². The molecule has 2 atom stereocenters. The van der Waals surface area contributed by atoms with Gasteiger partial charge < -0.3 is 30.1 Å². The van der Waals surface area contributed by atoms with E-state index in [1.807, 2.05) is 32.0 Å². The van der Waals surface area contributed by atoms with Crippen LogP contribution in [0.2, 0.25) is 0 Å². The lowest BCUT2D eigenvalue weighted by Crippen LogP contribution is -2.51. The number of ether oxygens (including phenoxy) is 1. The summed E-state index contributed by atoms with van der Waals surface area (Å²) in [5, 5.41) is 31.2. The zero-order valence-electron chi connectivity index (χ0n) is 30.0. The standard InChI is InChI=1S/C36H49F3N8O4/c1-7-9-29(32(28(8-2)40-4)45-12-14-46(15-13-45)35(50)31-33(49)22(3)44(6)42-31)47(43-34(41-5)23-10-16-51-17-11-23)21-25-18-24-19-27(36(37,38)39)26(24)20-30(25)48/h9-10,18,20,27,34,40,43,48-49H,5,7-8,11-17,19,21H2,1-4,6H3/b29-9-,32-28+. The highest BCUT2D eigenvalue weighted by molar-refractivity contribution is 5.95. The van der Waals surface area contributed by atoms with Gasteiger partial charge in [-0.25, -0.2) is 5.43 Å². The predicted octanol–water partition coefficient (Wildman–Crippen LogP) is 4.61. The van der Waals surface area contributed by atoms with Gasteiger partial charge in [0.1, 0.15) is 11.9 Å². The molecule has 1 aromatic carbocycles. The van der Waals surface area contributed by atoms with E-state index < -0.39 is 18.3 Å². The van der Waals surface area contributed by atoms with E-state index >= 15 is 0 Å². The van der Waals surface area contributed by atoms with Crippen LogP contribution in [0.15, 0.2) is 51.9 Å². The molecule has 15 heteroatoms. The molecule has 1 aromatic heterocycles. The Morgan fingerprint density at radius 2 is 1.92 bits per heavy atom. The van der Waals surface area contributed by atoms with Crippen molar-refractivity contribution in [1.82, 2.24) is 35.3 Å². The number of halogens is 3. The Bertz CT molecular complexity index is 1700. The molecule has 0 saturated carbocycles. The van der Waals surface area contributed by atoms with Crippen LogP contribution in [0.1, 0.15) is 71.9 Å². The first-order valence-electron chi connectivity index (χ1n) is 17.4. The van der Waals surface area contributed by atoms with Crippen molar-refractivity contribution in [1.29, 1.82) is 0 Å². The van der Waals surface area contributed by atoms with Crippen molar-refractivity contribution in [3.8, 4) is 11.5 Å². The highest BCUT2D eigenvalue weighted by atomic mass is 19.4. The summed E-state index contributed by atoms with van der Waals surface area (Å²) in [6, 6.07) is 2.91. The summed E-state index contributed by atoms with van der Waals surface area (Å²) in [5.41, 5.74) is 8.78. The maximum absolute atomic E-state index is 13.6. The minimum atomic E-state index is -4.37. The third-order valence-corrected chi connectivity index (χ3v) is 9.93. The van der Waals surface area contributed by atoms with Crippen LogP contribution in [0, 0.1) is 6.92 Å². The van der Waals surface area contributed by atoms with Crippen LogP contribution in [0.25, 0.3) is 0 Å². The van der Waals surface area contributed by atoms with Gasteiger partial charge in [0.25, 0.3) is 5.91 Å². The lowest BCUT2D eigenvalue weighted by molar-refractivity contribution is -0.155. The van der Waals surface area contributed by atoms with E-state index in [9.17, 15) is 28.2 Å². The lowest BCUT2D eigenvalue weighted by Gasteiger charge is -2.42. The summed E-state index contributed by atoms with van der Waals surface area (Å²) in [4.78, 5) is 21.7. The first-order valence-corrected chi connectivity index (χ1v) is 17.4. The highest BCUT2D eigenvalue weighted by Gasteiger charge is 2.47. The topological polar surface area (TPSA) is 131 Å². The molecule has 4 N–H and O–H groups in total. The highest BCUT2D eigenvalue weighted by Crippen LogP contribution is 2.48. The summed E-state index contributed by atoms with van der Waals surface area (Å²) in [6.45, 7) is 12.4. The zero-order valence-corrected chi connectivity index (χ0v) is 30.0. The van der Waals surface area contributed by atoms with Crippen molar-refractivity contribution in [2.45, 2.75) is 71.3 Å². The normalized spacial score (nSPS) is 19.1. The van der Waals surface area contributed by atoms with E-state index in [1.165, 1.54) is 10.7 Å². The summed E-state index contributed by atoms with van der Waals surface area (Å²) in [7, 11) is 3.53. The van der Waals surface area contributed by atoms with Crippen molar-refractivity contribution in [3.05, 3.63) is 75.0 Å². The SMILES string of the molecule is C=NC(NN(Cc1cc2c(cc1O)C(C(F)(F)F)C2)C(=C\CC)/C(=C(/CC)NC)N1CCN(C(=O)c2nn(C)c(C)c2O)CC1)C1=CCOCC1. The maximum atomic E-state index is 13.6. The molecular weight excluding hydrogens is 665 g/mol. The second-order valence-corrected chi connectivity index (χ2v) is 13.0. The number of aryl methyl sites for hydroxylation is 1. The Hall–Kier alpha value is -4.50. The quantitative estimate of drug-likeness (QED) is 0.102. The first kappa shape index (κ1) is 37.7. The molecule has 1 saturated heterocycles. The third kappa shape index (κ3) is 7.88. The molecule has 0 bridgehead atoms. The number of aliphatic imine (C=N–C) groups is 1. The van der Waals surface area contributed by atoms with Crippen LogP contribution in [0.5, 0.6) is 11.5 Å². The number of aromatic nitrogens is 2. The van der Waals surface area contributed by atoms with Gasteiger partial charge in [-0.15, -0.1) is 0 Å². The minimum Gasteiger partial charge on any atom is -0.508 e. The zero-order chi connectivity index (χ0) is 37.0. The van der Waals surface area contributed by atoms with Crippen LogP contribution in [-0.2, 0) is 24.8 Å². The average Bonchev–Trinajstić information content (AvgIpc) is 3.37. The molecule has 278 valence electrons. The van der Waals surface area contributed by atoms with Crippen molar-refractivity contribution in [3.63, 3.8) is 0 Å². The Labute approximate surface area is 296 Å². The Morgan fingerprint density at radius 1 is 1.22 bits per heavy atom. The number of phenols is 1. The van der Waals surface area contributed by atoms with Gasteiger partial charge in [-0.3, -0.25) is 19.5 Å². The lowest BCUT2D eigenvalue weighted by atomic mass is 9.76. The van der Waals surface area contributed by atoms with Crippen LogP contribution >= 0.6 is 0 Å². The number of alkyl halides is 3. The number of carbonyl (C=O) groups excluding carboxylic acids is 1. The van der Waals surface area contributed by atoms with Gasteiger partial charge in [-0.05, 0) is 68.2 Å². The summed E-state index contributed by atoms with van der Waals surface area (Å²) < 4.78 is 47.8. The molecule has 1 amide bonds. The van der Waals surface area contributed by atoms with Crippen molar-refractivity contribution >= 4 is 12.6 Å². The molecule has 51 heavy (non-hydrogen) atoms. The first-order chi connectivity index (χ1) is 24.3.